The molecule has 7 heteroatoms. The van der Waals surface area contributed by atoms with Crippen molar-refractivity contribution in [1.82, 2.24) is 19.5 Å². The maximum Gasteiger partial charge on any atom is 0.451 e. The van der Waals surface area contributed by atoms with E-state index in [4.69, 9.17) is 0 Å². The molecule has 3 aromatic rings. The third-order valence-electron chi connectivity index (χ3n) is 3.56. The molecule has 2 aromatic heterocycles. The van der Waals surface area contributed by atoms with Gasteiger partial charge in [-0.3, -0.25) is 0 Å². The van der Waals surface area contributed by atoms with Crippen molar-refractivity contribution in [2.45, 2.75) is 33.0 Å². The van der Waals surface area contributed by atoms with E-state index in [1.54, 1.807) is 11.5 Å². The predicted molar refractivity (Wildman–Crippen MR) is 80.0 cm³/mol. The van der Waals surface area contributed by atoms with Gasteiger partial charge in [-0.25, -0.2) is 15.0 Å². The minimum absolute atomic E-state index is 0.214. The van der Waals surface area contributed by atoms with E-state index in [1.165, 1.54) is 6.33 Å². The van der Waals surface area contributed by atoms with E-state index in [0.717, 1.165) is 11.1 Å². The SMILES string of the molecule is CCc1nc(C(F)(F)F)nc2c1ncn2Cc1cccc(C)c1. The smallest absolute Gasteiger partial charge is 0.311 e. The highest BCUT2D eigenvalue weighted by atomic mass is 19.4. The Balaban J connectivity index is 2.11. The second-order valence-corrected chi connectivity index (χ2v) is 5.38. The van der Waals surface area contributed by atoms with Gasteiger partial charge in [0.2, 0.25) is 5.82 Å². The van der Waals surface area contributed by atoms with Crippen LogP contribution in [0.25, 0.3) is 11.2 Å². The molecule has 0 saturated carbocycles. The van der Waals surface area contributed by atoms with E-state index >= 15 is 0 Å². The Hall–Kier alpha value is -2.44. The maximum atomic E-state index is 13.0. The summed E-state index contributed by atoms with van der Waals surface area (Å²) in [4.78, 5) is 11.5. The number of benzene rings is 1. The highest BCUT2D eigenvalue weighted by Gasteiger charge is 2.36. The van der Waals surface area contributed by atoms with Crippen LogP contribution >= 0.6 is 0 Å². The Kier molecular flexibility index (Phi) is 3.79. The van der Waals surface area contributed by atoms with E-state index in [9.17, 15) is 13.2 Å². The first-order valence-electron chi connectivity index (χ1n) is 7.23. The fourth-order valence-electron chi connectivity index (χ4n) is 2.50. The van der Waals surface area contributed by atoms with Gasteiger partial charge in [-0.1, -0.05) is 36.8 Å². The van der Waals surface area contributed by atoms with Crippen molar-refractivity contribution >= 4 is 11.2 Å². The van der Waals surface area contributed by atoms with Gasteiger partial charge in [0.15, 0.2) is 5.65 Å². The normalized spacial score (nSPS) is 12.0. The first-order chi connectivity index (χ1) is 10.9. The summed E-state index contributed by atoms with van der Waals surface area (Å²) < 4.78 is 40.6. The van der Waals surface area contributed by atoms with Crippen LogP contribution in [-0.4, -0.2) is 19.5 Å². The summed E-state index contributed by atoms with van der Waals surface area (Å²) in [6, 6.07) is 7.79. The number of imidazole rings is 1. The van der Waals surface area contributed by atoms with Crippen LogP contribution in [0.15, 0.2) is 30.6 Å². The molecule has 120 valence electrons. The fraction of sp³-hybridized carbons (Fsp3) is 0.312. The quantitative estimate of drug-likeness (QED) is 0.738. The summed E-state index contributed by atoms with van der Waals surface area (Å²) in [5, 5.41) is 0. The number of aromatic nitrogens is 4. The summed E-state index contributed by atoms with van der Waals surface area (Å²) >= 11 is 0. The Morgan fingerprint density at radius 3 is 2.61 bits per heavy atom. The van der Waals surface area contributed by atoms with Crippen LogP contribution in [0.2, 0.25) is 0 Å². The van der Waals surface area contributed by atoms with Gasteiger partial charge in [0.25, 0.3) is 0 Å². The fourth-order valence-corrected chi connectivity index (χ4v) is 2.50. The topological polar surface area (TPSA) is 43.6 Å². The molecule has 23 heavy (non-hydrogen) atoms. The number of aryl methyl sites for hydroxylation is 2. The van der Waals surface area contributed by atoms with E-state index in [-0.39, 0.29) is 5.65 Å². The lowest BCUT2D eigenvalue weighted by atomic mass is 10.1. The van der Waals surface area contributed by atoms with Gasteiger partial charge in [0, 0.05) is 0 Å². The van der Waals surface area contributed by atoms with Crippen molar-refractivity contribution < 1.29 is 13.2 Å². The van der Waals surface area contributed by atoms with E-state index < -0.39 is 12.0 Å². The van der Waals surface area contributed by atoms with Gasteiger partial charge in [0.05, 0.1) is 18.6 Å². The molecule has 0 aliphatic rings. The Labute approximate surface area is 131 Å². The summed E-state index contributed by atoms with van der Waals surface area (Å²) in [7, 11) is 0. The summed E-state index contributed by atoms with van der Waals surface area (Å²) in [6.45, 7) is 4.13. The minimum Gasteiger partial charge on any atom is -0.311 e. The van der Waals surface area contributed by atoms with Crippen LogP contribution in [0, 0.1) is 6.92 Å². The highest BCUT2D eigenvalue weighted by molar-refractivity contribution is 5.73. The van der Waals surface area contributed by atoms with Crippen LogP contribution in [0.4, 0.5) is 13.2 Å². The van der Waals surface area contributed by atoms with Crippen LogP contribution in [0.1, 0.15) is 29.6 Å². The first-order valence-corrected chi connectivity index (χ1v) is 7.23. The van der Waals surface area contributed by atoms with E-state index in [1.807, 2.05) is 31.2 Å². The minimum atomic E-state index is -4.57. The zero-order valence-electron chi connectivity index (χ0n) is 12.7. The molecule has 1 aromatic carbocycles. The van der Waals surface area contributed by atoms with Gasteiger partial charge < -0.3 is 4.57 Å². The molecule has 0 saturated heterocycles. The zero-order valence-corrected chi connectivity index (χ0v) is 12.7. The number of rotatable bonds is 3. The van der Waals surface area contributed by atoms with Gasteiger partial charge in [-0.2, -0.15) is 13.2 Å². The molecule has 0 bridgehead atoms. The number of nitrogens with zero attached hydrogens (tertiary/aromatic N) is 4. The van der Waals surface area contributed by atoms with Crippen molar-refractivity contribution in [3.8, 4) is 0 Å². The number of halogens is 3. The molecule has 0 radical (unpaired) electrons. The summed E-state index contributed by atoms with van der Waals surface area (Å²) in [6.07, 6.45) is -2.69. The molecule has 0 spiro atoms. The molecular weight excluding hydrogens is 305 g/mol. The number of hydrogen-bond acceptors (Lipinski definition) is 3. The van der Waals surface area contributed by atoms with Gasteiger partial charge in [-0.15, -0.1) is 0 Å². The average molecular weight is 320 g/mol. The molecule has 0 aliphatic carbocycles. The largest absolute Gasteiger partial charge is 0.451 e. The van der Waals surface area contributed by atoms with Crippen LogP contribution < -0.4 is 0 Å². The third-order valence-corrected chi connectivity index (χ3v) is 3.56. The molecule has 0 N–H and O–H groups in total. The lowest BCUT2D eigenvalue weighted by Crippen LogP contribution is -2.14. The third kappa shape index (κ3) is 3.04. The van der Waals surface area contributed by atoms with E-state index in [0.29, 0.717) is 24.2 Å². The van der Waals surface area contributed by atoms with Gasteiger partial charge in [-0.05, 0) is 18.9 Å². The van der Waals surface area contributed by atoms with Crippen molar-refractivity contribution in [3.63, 3.8) is 0 Å². The average Bonchev–Trinajstić information content (AvgIpc) is 2.88. The Morgan fingerprint density at radius 1 is 1.17 bits per heavy atom. The second-order valence-electron chi connectivity index (χ2n) is 5.38. The Morgan fingerprint density at radius 2 is 1.96 bits per heavy atom. The molecule has 0 fully saturated rings. The lowest BCUT2D eigenvalue weighted by Gasteiger charge is -2.09. The van der Waals surface area contributed by atoms with Crippen LogP contribution in [-0.2, 0) is 19.1 Å². The summed E-state index contributed by atoms with van der Waals surface area (Å²) in [5.41, 5.74) is 3.02. The monoisotopic (exact) mass is 320 g/mol. The standard InChI is InChI=1S/C16H15F3N4/c1-3-12-13-14(22-15(21-12)16(17,18)19)23(9-20-13)8-11-6-4-5-10(2)7-11/h4-7,9H,3,8H2,1-2H3. The summed E-state index contributed by atoms with van der Waals surface area (Å²) in [5.74, 6) is -1.12. The molecule has 4 nitrogen and oxygen atoms in total. The molecule has 0 amide bonds. The van der Waals surface area contributed by atoms with Gasteiger partial charge in [0.1, 0.15) is 5.52 Å². The van der Waals surface area contributed by atoms with Crippen molar-refractivity contribution in [3.05, 3.63) is 53.2 Å². The van der Waals surface area contributed by atoms with Crippen molar-refractivity contribution in [2.24, 2.45) is 0 Å². The molecule has 2 heterocycles. The molecule has 3 rings (SSSR count). The van der Waals surface area contributed by atoms with Crippen molar-refractivity contribution in [1.29, 1.82) is 0 Å². The molecule has 0 atom stereocenters. The number of fused-ring (bicyclic) bond motifs is 1. The van der Waals surface area contributed by atoms with Crippen molar-refractivity contribution in [2.75, 3.05) is 0 Å². The highest BCUT2D eigenvalue weighted by Crippen LogP contribution is 2.28. The number of alkyl halides is 3. The number of hydrogen-bond donors (Lipinski definition) is 0. The molecule has 0 unspecified atom stereocenters. The second kappa shape index (κ2) is 5.64. The van der Waals surface area contributed by atoms with E-state index in [2.05, 4.69) is 15.0 Å². The molecule has 0 aliphatic heterocycles. The predicted octanol–water partition coefficient (Wildman–Crippen LogP) is 3.76. The van der Waals surface area contributed by atoms with Crippen LogP contribution in [0.3, 0.4) is 0 Å². The van der Waals surface area contributed by atoms with Crippen LogP contribution in [0.5, 0.6) is 0 Å². The lowest BCUT2D eigenvalue weighted by molar-refractivity contribution is -0.144. The Bertz CT molecular complexity index is 852. The zero-order chi connectivity index (χ0) is 16.6. The maximum absolute atomic E-state index is 13.0. The first kappa shape index (κ1) is 15.5. The molecular formula is C16H15F3N4. The van der Waals surface area contributed by atoms with Gasteiger partial charge >= 0.3 is 6.18 Å².